The third-order valence-electron chi connectivity index (χ3n) is 2.44. The summed E-state index contributed by atoms with van der Waals surface area (Å²) in [6.45, 7) is 3.64. The first-order valence-corrected chi connectivity index (χ1v) is 5.35. The van der Waals surface area contributed by atoms with Crippen molar-refractivity contribution in [2.24, 2.45) is 11.7 Å². The van der Waals surface area contributed by atoms with Gasteiger partial charge < -0.3 is 10.8 Å². The van der Waals surface area contributed by atoms with Gasteiger partial charge in [-0.3, -0.25) is 9.78 Å². The molecule has 3 N–H and O–H groups in total. The van der Waals surface area contributed by atoms with Gasteiger partial charge in [0.15, 0.2) is 11.3 Å². The van der Waals surface area contributed by atoms with Crippen molar-refractivity contribution in [1.29, 1.82) is 0 Å². The molecule has 0 bridgehead atoms. The van der Waals surface area contributed by atoms with Crippen LogP contribution in [0.25, 0.3) is 0 Å². The van der Waals surface area contributed by atoms with Gasteiger partial charge in [0.2, 0.25) is 0 Å². The van der Waals surface area contributed by atoms with E-state index in [2.05, 4.69) is 4.98 Å². The Labute approximate surface area is 99.7 Å². The molecule has 0 amide bonds. The molecule has 0 saturated heterocycles. The van der Waals surface area contributed by atoms with Gasteiger partial charge in [-0.2, -0.15) is 0 Å². The van der Waals surface area contributed by atoms with Gasteiger partial charge >= 0.3 is 5.97 Å². The molecule has 0 radical (unpaired) electrons. The predicted octanol–water partition coefficient (Wildman–Crippen LogP) is 1.09. The predicted molar refractivity (Wildman–Crippen MR) is 62.6 cm³/mol. The maximum atomic E-state index is 12.1. The van der Waals surface area contributed by atoms with Crippen LogP contribution in [0.5, 0.6) is 0 Å². The van der Waals surface area contributed by atoms with E-state index in [0.29, 0.717) is 0 Å². The Bertz CT molecular complexity index is 417. The summed E-state index contributed by atoms with van der Waals surface area (Å²) in [5.74, 6) is -1.90. The van der Waals surface area contributed by atoms with Crippen LogP contribution < -0.4 is 5.73 Å². The van der Waals surface area contributed by atoms with Crippen LogP contribution >= 0.6 is 0 Å². The molecule has 0 aliphatic carbocycles. The highest BCUT2D eigenvalue weighted by molar-refractivity contribution is 6.15. The maximum Gasteiger partial charge on any atom is 0.331 e. The molecule has 0 saturated carbocycles. The van der Waals surface area contributed by atoms with E-state index >= 15 is 0 Å². The van der Waals surface area contributed by atoms with E-state index in [4.69, 9.17) is 10.8 Å². The largest absolute Gasteiger partial charge is 0.480 e. The van der Waals surface area contributed by atoms with E-state index in [-0.39, 0.29) is 17.9 Å². The molecule has 0 aliphatic rings. The van der Waals surface area contributed by atoms with Crippen molar-refractivity contribution in [1.82, 2.24) is 4.98 Å². The number of carboxylic acid groups (broad SMARTS) is 1. The highest BCUT2D eigenvalue weighted by Crippen LogP contribution is 2.19. The second-order valence-corrected chi connectivity index (χ2v) is 4.45. The molecule has 92 valence electrons. The Kier molecular flexibility index (Phi) is 3.96. The summed E-state index contributed by atoms with van der Waals surface area (Å²) in [6, 6.07) is 3.09. The zero-order valence-electron chi connectivity index (χ0n) is 9.88. The lowest BCUT2D eigenvalue weighted by molar-refractivity contribution is -0.141. The maximum absolute atomic E-state index is 12.1. The monoisotopic (exact) mass is 236 g/mol. The molecule has 17 heavy (non-hydrogen) atoms. The topological polar surface area (TPSA) is 93.3 Å². The normalized spacial score (nSPS) is 14.4. The number of nitrogens with zero attached hydrogens (tertiary/aromatic N) is 1. The fraction of sp³-hybridized carbons (Fsp3) is 0.417. The lowest BCUT2D eigenvalue weighted by Crippen LogP contribution is -2.55. The third-order valence-corrected chi connectivity index (χ3v) is 2.44. The van der Waals surface area contributed by atoms with Crippen LogP contribution in [-0.4, -0.2) is 27.4 Å². The summed E-state index contributed by atoms with van der Waals surface area (Å²) in [4.78, 5) is 27.1. The highest BCUT2D eigenvalue weighted by atomic mass is 16.4. The first kappa shape index (κ1) is 13.3. The Hall–Kier alpha value is -1.75. The van der Waals surface area contributed by atoms with Gasteiger partial charge in [-0.1, -0.05) is 13.8 Å². The lowest BCUT2D eigenvalue weighted by atomic mass is 9.83. The van der Waals surface area contributed by atoms with Crippen molar-refractivity contribution >= 4 is 11.8 Å². The summed E-state index contributed by atoms with van der Waals surface area (Å²) in [5, 5.41) is 9.15. The van der Waals surface area contributed by atoms with E-state index in [1.165, 1.54) is 18.5 Å². The van der Waals surface area contributed by atoms with Crippen LogP contribution in [0.1, 0.15) is 30.6 Å². The lowest BCUT2D eigenvalue weighted by Gasteiger charge is -2.24. The standard InChI is InChI=1S/C12H16N2O3/c1-8(2)6-12(13,11(16)17)10(15)9-4-3-5-14-7-9/h3-5,7-8H,6,13H2,1-2H3,(H,16,17)/t12-/m1/s1. The fourth-order valence-electron chi connectivity index (χ4n) is 1.68. The number of pyridine rings is 1. The molecular formula is C12H16N2O3. The minimum atomic E-state index is -1.88. The van der Waals surface area contributed by atoms with E-state index in [9.17, 15) is 9.59 Å². The number of Topliss-reactive ketones (excluding diaryl/α,β-unsaturated/α-hetero) is 1. The number of ketones is 1. The third kappa shape index (κ3) is 2.88. The van der Waals surface area contributed by atoms with Crippen molar-refractivity contribution in [3.63, 3.8) is 0 Å². The van der Waals surface area contributed by atoms with Crippen LogP contribution in [0.2, 0.25) is 0 Å². The number of carbonyl (C=O) groups excluding carboxylic acids is 1. The average molecular weight is 236 g/mol. The van der Waals surface area contributed by atoms with Crippen LogP contribution in [0.4, 0.5) is 0 Å². The second-order valence-electron chi connectivity index (χ2n) is 4.45. The quantitative estimate of drug-likeness (QED) is 0.589. The van der Waals surface area contributed by atoms with Gasteiger partial charge in [0.1, 0.15) is 0 Å². The summed E-state index contributed by atoms with van der Waals surface area (Å²) < 4.78 is 0. The van der Waals surface area contributed by atoms with Crippen LogP contribution in [0.3, 0.4) is 0 Å². The van der Waals surface area contributed by atoms with Gasteiger partial charge in [-0.25, -0.2) is 4.79 Å². The summed E-state index contributed by atoms with van der Waals surface area (Å²) in [5.41, 5.74) is 4.08. The molecule has 0 aliphatic heterocycles. The SMILES string of the molecule is CC(C)C[C@](N)(C(=O)O)C(=O)c1cccnc1. The summed E-state index contributed by atoms with van der Waals surface area (Å²) >= 11 is 0. The summed E-state index contributed by atoms with van der Waals surface area (Å²) in [7, 11) is 0. The number of hydrogen-bond donors (Lipinski definition) is 2. The molecule has 1 heterocycles. The van der Waals surface area contributed by atoms with Crippen molar-refractivity contribution in [3.8, 4) is 0 Å². The van der Waals surface area contributed by atoms with Crippen LogP contribution in [0, 0.1) is 5.92 Å². The van der Waals surface area contributed by atoms with Crippen LogP contribution in [0.15, 0.2) is 24.5 Å². The molecule has 1 aromatic rings. The minimum Gasteiger partial charge on any atom is -0.480 e. The molecule has 0 aromatic carbocycles. The summed E-state index contributed by atoms with van der Waals surface area (Å²) in [6.07, 6.45) is 2.93. The Balaban J connectivity index is 3.08. The van der Waals surface area contributed by atoms with Crippen molar-refractivity contribution < 1.29 is 14.7 Å². The van der Waals surface area contributed by atoms with Gasteiger partial charge in [-0.05, 0) is 24.5 Å². The van der Waals surface area contributed by atoms with Gasteiger partial charge in [-0.15, -0.1) is 0 Å². The van der Waals surface area contributed by atoms with Gasteiger partial charge in [0.25, 0.3) is 0 Å². The zero-order valence-corrected chi connectivity index (χ0v) is 9.88. The number of aliphatic carboxylic acids is 1. The van der Waals surface area contributed by atoms with E-state index < -0.39 is 17.3 Å². The van der Waals surface area contributed by atoms with Gasteiger partial charge in [0, 0.05) is 18.0 Å². The molecule has 1 rings (SSSR count). The first-order chi connectivity index (χ1) is 7.88. The molecule has 0 spiro atoms. The van der Waals surface area contributed by atoms with Crippen LogP contribution in [-0.2, 0) is 4.79 Å². The molecule has 5 nitrogen and oxygen atoms in total. The number of hydrogen-bond acceptors (Lipinski definition) is 4. The van der Waals surface area contributed by atoms with E-state index in [1.54, 1.807) is 6.07 Å². The fourth-order valence-corrected chi connectivity index (χ4v) is 1.68. The minimum absolute atomic E-state index is 0.0109. The molecule has 1 aromatic heterocycles. The first-order valence-electron chi connectivity index (χ1n) is 5.35. The Morgan fingerprint density at radius 1 is 1.53 bits per heavy atom. The van der Waals surface area contributed by atoms with Crippen molar-refractivity contribution in [3.05, 3.63) is 30.1 Å². The number of carboxylic acids is 1. The number of carbonyl (C=O) groups is 2. The highest BCUT2D eigenvalue weighted by Gasteiger charge is 2.42. The molecule has 0 unspecified atom stereocenters. The Morgan fingerprint density at radius 3 is 2.59 bits per heavy atom. The van der Waals surface area contributed by atoms with E-state index in [1.807, 2.05) is 13.8 Å². The smallest absolute Gasteiger partial charge is 0.331 e. The molecule has 5 heteroatoms. The number of nitrogens with two attached hydrogens (primary N) is 1. The Morgan fingerprint density at radius 2 is 2.18 bits per heavy atom. The van der Waals surface area contributed by atoms with E-state index in [0.717, 1.165) is 0 Å². The second kappa shape index (κ2) is 5.05. The van der Waals surface area contributed by atoms with Gasteiger partial charge in [0.05, 0.1) is 0 Å². The molecular weight excluding hydrogens is 220 g/mol. The van der Waals surface area contributed by atoms with Crippen molar-refractivity contribution in [2.45, 2.75) is 25.8 Å². The zero-order chi connectivity index (χ0) is 13.1. The molecule has 1 atom stereocenters. The average Bonchev–Trinajstić information content (AvgIpc) is 2.28. The number of rotatable bonds is 5. The number of aromatic nitrogens is 1. The molecule has 0 fully saturated rings. The van der Waals surface area contributed by atoms with Crippen molar-refractivity contribution in [2.75, 3.05) is 0 Å².